The Morgan fingerprint density at radius 1 is 1.19 bits per heavy atom. The van der Waals surface area contributed by atoms with Gasteiger partial charge in [0.25, 0.3) is 5.91 Å². The molecule has 5 heteroatoms. The molecule has 0 spiro atoms. The lowest BCUT2D eigenvalue weighted by molar-refractivity contribution is -0.123. The van der Waals surface area contributed by atoms with Crippen LogP contribution in [0.25, 0.3) is 0 Å². The van der Waals surface area contributed by atoms with Crippen LogP contribution in [0.4, 0.5) is 0 Å². The second-order valence-electron chi connectivity index (χ2n) is 6.19. The van der Waals surface area contributed by atoms with E-state index in [0.29, 0.717) is 10.8 Å². The summed E-state index contributed by atoms with van der Waals surface area (Å²) in [6.07, 6.45) is 6.43. The smallest absolute Gasteiger partial charge is 0.277 e. The van der Waals surface area contributed by atoms with E-state index < -0.39 is 0 Å². The zero-order valence-corrected chi connectivity index (χ0v) is 16.1. The number of aryl methyl sites for hydroxylation is 2. The number of carbonyl (C=O) groups excluding carboxylic acids is 1. The van der Waals surface area contributed by atoms with Crippen molar-refractivity contribution in [3.8, 4) is 5.75 Å². The number of benzene rings is 2. The van der Waals surface area contributed by atoms with E-state index in [-0.39, 0.29) is 12.5 Å². The maximum absolute atomic E-state index is 11.8. The van der Waals surface area contributed by atoms with Crippen molar-refractivity contribution in [2.45, 2.75) is 39.5 Å². The molecule has 0 bridgehead atoms. The Morgan fingerprint density at radius 3 is 2.65 bits per heavy atom. The fourth-order valence-corrected chi connectivity index (χ4v) is 2.71. The molecule has 2 aromatic carbocycles. The lowest BCUT2D eigenvalue weighted by Gasteiger charge is -2.08. The Bertz CT molecular complexity index is 742. The molecule has 0 heterocycles. The Morgan fingerprint density at radius 2 is 1.96 bits per heavy atom. The third-order valence-electron chi connectivity index (χ3n) is 3.95. The molecule has 4 nitrogen and oxygen atoms in total. The van der Waals surface area contributed by atoms with Gasteiger partial charge in [-0.25, -0.2) is 5.43 Å². The van der Waals surface area contributed by atoms with E-state index in [9.17, 15) is 4.79 Å². The van der Waals surface area contributed by atoms with Gasteiger partial charge in [0.1, 0.15) is 5.75 Å². The van der Waals surface area contributed by atoms with Gasteiger partial charge in [-0.05, 0) is 54.7 Å². The van der Waals surface area contributed by atoms with Crippen molar-refractivity contribution in [1.29, 1.82) is 0 Å². The Kier molecular flexibility index (Phi) is 8.16. The highest BCUT2D eigenvalue weighted by Crippen LogP contribution is 2.21. The highest BCUT2D eigenvalue weighted by Gasteiger charge is 2.04. The van der Waals surface area contributed by atoms with Gasteiger partial charge in [-0.2, -0.15) is 5.10 Å². The second kappa shape index (κ2) is 10.6. The molecule has 0 atom stereocenters. The normalized spacial score (nSPS) is 10.9. The first kappa shape index (κ1) is 20.0. The van der Waals surface area contributed by atoms with E-state index in [1.54, 1.807) is 24.4 Å². The molecule has 0 aliphatic carbocycles. The number of carbonyl (C=O) groups is 1. The molecule has 0 fully saturated rings. The molecular formula is C21H25ClN2O2. The van der Waals surface area contributed by atoms with E-state index in [0.717, 1.165) is 17.5 Å². The highest BCUT2D eigenvalue weighted by molar-refractivity contribution is 6.30. The molecule has 0 aromatic heterocycles. The highest BCUT2D eigenvalue weighted by atomic mass is 35.5. The molecule has 2 rings (SSSR count). The number of amides is 1. The van der Waals surface area contributed by atoms with Gasteiger partial charge in [-0.1, -0.05) is 55.6 Å². The van der Waals surface area contributed by atoms with Crippen molar-refractivity contribution in [1.82, 2.24) is 5.43 Å². The van der Waals surface area contributed by atoms with Gasteiger partial charge < -0.3 is 4.74 Å². The molecule has 138 valence electrons. The van der Waals surface area contributed by atoms with Crippen LogP contribution in [0.3, 0.4) is 0 Å². The number of hydrogen-bond acceptors (Lipinski definition) is 3. The van der Waals surface area contributed by atoms with Gasteiger partial charge in [0.05, 0.1) is 6.21 Å². The van der Waals surface area contributed by atoms with Gasteiger partial charge in [0, 0.05) is 5.02 Å². The van der Waals surface area contributed by atoms with Gasteiger partial charge in [0.15, 0.2) is 6.61 Å². The molecule has 26 heavy (non-hydrogen) atoms. The summed E-state index contributed by atoms with van der Waals surface area (Å²) >= 11 is 5.89. The van der Waals surface area contributed by atoms with E-state index in [4.69, 9.17) is 16.3 Å². The topological polar surface area (TPSA) is 50.7 Å². The van der Waals surface area contributed by atoms with Crippen molar-refractivity contribution in [2.75, 3.05) is 6.61 Å². The van der Waals surface area contributed by atoms with Crippen molar-refractivity contribution in [3.05, 3.63) is 64.2 Å². The van der Waals surface area contributed by atoms with Crippen LogP contribution in [-0.2, 0) is 11.2 Å². The lowest BCUT2D eigenvalue weighted by Crippen LogP contribution is -2.24. The SMILES string of the molecule is CCCCCc1ccc(/C=N/NC(=O)COc2ccc(Cl)cc2C)cc1. The summed E-state index contributed by atoms with van der Waals surface area (Å²) in [6, 6.07) is 13.5. The summed E-state index contributed by atoms with van der Waals surface area (Å²) in [6.45, 7) is 3.98. The van der Waals surface area contributed by atoms with Crippen molar-refractivity contribution in [3.63, 3.8) is 0 Å². The number of ether oxygens (including phenoxy) is 1. The molecule has 0 saturated carbocycles. The molecule has 0 aliphatic heterocycles. The molecule has 0 radical (unpaired) electrons. The number of halogens is 1. The first-order chi connectivity index (χ1) is 12.6. The summed E-state index contributed by atoms with van der Waals surface area (Å²) in [7, 11) is 0. The average molecular weight is 373 g/mol. The zero-order valence-electron chi connectivity index (χ0n) is 15.3. The number of hydrogen-bond donors (Lipinski definition) is 1. The second-order valence-corrected chi connectivity index (χ2v) is 6.63. The molecule has 1 amide bonds. The molecule has 0 aliphatic rings. The maximum Gasteiger partial charge on any atom is 0.277 e. The van der Waals surface area contributed by atoms with Crippen LogP contribution in [-0.4, -0.2) is 18.7 Å². The van der Waals surface area contributed by atoms with Crippen LogP contribution in [0.2, 0.25) is 5.02 Å². The Labute approximate surface area is 160 Å². The van der Waals surface area contributed by atoms with E-state index >= 15 is 0 Å². The first-order valence-corrected chi connectivity index (χ1v) is 9.26. The van der Waals surface area contributed by atoms with Gasteiger partial charge in [0.2, 0.25) is 0 Å². The van der Waals surface area contributed by atoms with Crippen LogP contribution >= 0.6 is 11.6 Å². The monoisotopic (exact) mass is 372 g/mol. The van der Waals surface area contributed by atoms with E-state index in [1.165, 1.54) is 24.8 Å². The zero-order chi connectivity index (χ0) is 18.8. The minimum atomic E-state index is -0.313. The molecule has 0 unspecified atom stereocenters. The minimum absolute atomic E-state index is 0.101. The minimum Gasteiger partial charge on any atom is -0.483 e. The quantitative estimate of drug-likeness (QED) is 0.386. The molecule has 2 aromatic rings. The number of nitrogens with zero attached hydrogens (tertiary/aromatic N) is 1. The largest absolute Gasteiger partial charge is 0.483 e. The van der Waals surface area contributed by atoms with Crippen LogP contribution < -0.4 is 10.2 Å². The average Bonchev–Trinajstić information content (AvgIpc) is 2.62. The predicted molar refractivity (Wildman–Crippen MR) is 107 cm³/mol. The van der Waals surface area contributed by atoms with Gasteiger partial charge in [-0.3, -0.25) is 4.79 Å². The van der Waals surface area contributed by atoms with Crippen LogP contribution in [0, 0.1) is 6.92 Å². The number of rotatable bonds is 9. The van der Waals surface area contributed by atoms with Gasteiger partial charge >= 0.3 is 0 Å². The fourth-order valence-electron chi connectivity index (χ4n) is 2.48. The Balaban J connectivity index is 1.75. The summed E-state index contributed by atoms with van der Waals surface area (Å²) in [5.41, 5.74) is 5.62. The lowest BCUT2D eigenvalue weighted by atomic mass is 10.1. The van der Waals surface area contributed by atoms with Crippen molar-refractivity contribution in [2.24, 2.45) is 5.10 Å². The van der Waals surface area contributed by atoms with E-state index in [2.05, 4.69) is 29.6 Å². The fraction of sp³-hybridized carbons (Fsp3) is 0.333. The summed E-state index contributed by atoms with van der Waals surface area (Å²) in [5.74, 6) is 0.318. The number of hydrazone groups is 1. The van der Waals surface area contributed by atoms with Crippen LogP contribution in [0.1, 0.15) is 42.9 Å². The van der Waals surface area contributed by atoms with Crippen molar-refractivity contribution < 1.29 is 9.53 Å². The first-order valence-electron chi connectivity index (χ1n) is 8.88. The number of nitrogens with one attached hydrogen (secondary N) is 1. The summed E-state index contributed by atoms with van der Waals surface area (Å²) < 4.78 is 5.47. The van der Waals surface area contributed by atoms with E-state index in [1.807, 2.05) is 19.1 Å². The standard InChI is InChI=1S/C21H25ClN2O2/c1-3-4-5-6-17-7-9-18(10-8-17)14-23-24-21(25)15-26-20-12-11-19(22)13-16(20)2/h7-14H,3-6,15H2,1-2H3,(H,24,25)/b23-14+. The van der Waals surface area contributed by atoms with Crippen LogP contribution in [0.15, 0.2) is 47.6 Å². The molecule has 1 N–H and O–H groups in total. The summed E-state index contributed by atoms with van der Waals surface area (Å²) in [5, 5.41) is 4.61. The predicted octanol–water partition coefficient (Wildman–Crippen LogP) is 4.91. The summed E-state index contributed by atoms with van der Waals surface area (Å²) in [4.78, 5) is 11.8. The molecular weight excluding hydrogens is 348 g/mol. The Hall–Kier alpha value is -2.33. The third-order valence-corrected chi connectivity index (χ3v) is 4.18. The van der Waals surface area contributed by atoms with Gasteiger partial charge in [-0.15, -0.1) is 0 Å². The van der Waals surface area contributed by atoms with Crippen LogP contribution in [0.5, 0.6) is 5.75 Å². The number of unbranched alkanes of at least 4 members (excludes halogenated alkanes) is 2. The van der Waals surface area contributed by atoms with Crippen molar-refractivity contribution >= 4 is 23.7 Å². The third kappa shape index (κ3) is 6.89. The maximum atomic E-state index is 11.8. The molecule has 0 saturated heterocycles.